The molecule has 1 aliphatic rings. The van der Waals surface area contributed by atoms with Gasteiger partial charge in [-0.15, -0.1) is 0 Å². The number of nitrogens with one attached hydrogen (secondary N) is 1. The summed E-state index contributed by atoms with van der Waals surface area (Å²) < 4.78 is 34.3. The second kappa shape index (κ2) is 9.85. The monoisotopic (exact) mass is 476 g/mol. The topological polar surface area (TPSA) is 61.1 Å². The summed E-state index contributed by atoms with van der Waals surface area (Å²) in [7, 11) is 0. The molecule has 1 fully saturated rings. The van der Waals surface area contributed by atoms with E-state index in [1.165, 1.54) is 11.9 Å². The molecule has 33 heavy (non-hydrogen) atoms. The maximum absolute atomic E-state index is 12.3. The van der Waals surface area contributed by atoms with E-state index in [9.17, 15) is 13.6 Å². The largest absolute Gasteiger partial charge is 0.381 e. The fraction of sp³-hybridized carbons (Fsp3) is 0.500. The molecule has 0 bridgehead atoms. The van der Waals surface area contributed by atoms with Gasteiger partial charge in [-0.3, -0.25) is 8.77 Å². The van der Waals surface area contributed by atoms with Crippen LogP contribution in [0.3, 0.4) is 0 Å². The van der Waals surface area contributed by atoms with Crippen molar-refractivity contribution in [2.75, 3.05) is 19.8 Å². The van der Waals surface area contributed by atoms with Gasteiger partial charge in [-0.05, 0) is 55.0 Å². The first-order valence-corrected chi connectivity index (χ1v) is 12.0. The van der Waals surface area contributed by atoms with Crippen LogP contribution in [-0.2, 0) is 16.7 Å². The Hall–Kier alpha value is -2.39. The van der Waals surface area contributed by atoms with Gasteiger partial charge in [-0.1, -0.05) is 20.8 Å². The second-order valence-electron chi connectivity index (χ2n) is 9.45. The van der Waals surface area contributed by atoms with Crippen molar-refractivity contribution < 1.29 is 18.3 Å². The summed E-state index contributed by atoms with van der Waals surface area (Å²) >= 11 is 1.45. The van der Waals surface area contributed by atoms with E-state index in [-0.39, 0.29) is 5.41 Å². The lowest BCUT2D eigenvalue weighted by atomic mass is 9.94. The first-order valence-electron chi connectivity index (χ1n) is 11.2. The van der Waals surface area contributed by atoms with E-state index in [4.69, 9.17) is 9.72 Å². The SMILES string of the molecule is CC(C)(C)c1nc2cc(Sn3ccc(C(=O)NCC(F)F)c3)ccc2n1CC1CCOCC1. The Bertz CT molecular complexity index is 1110. The minimum absolute atomic E-state index is 0.0849. The first-order chi connectivity index (χ1) is 15.7. The molecule has 3 heterocycles. The average molecular weight is 477 g/mol. The van der Waals surface area contributed by atoms with Gasteiger partial charge in [0.1, 0.15) is 5.82 Å². The van der Waals surface area contributed by atoms with Crippen LogP contribution >= 0.6 is 11.9 Å². The van der Waals surface area contributed by atoms with Gasteiger partial charge in [0.25, 0.3) is 12.3 Å². The van der Waals surface area contributed by atoms with E-state index in [1.54, 1.807) is 22.4 Å². The molecular formula is C24H30F2N4O2S. The number of amides is 1. The number of hydrogen-bond donors (Lipinski definition) is 1. The minimum atomic E-state index is -2.57. The number of aromatic nitrogens is 3. The Labute approximate surface area is 196 Å². The van der Waals surface area contributed by atoms with Gasteiger partial charge >= 0.3 is 0 Å². The van der Waals surface area contributed by atoms with Crippen molar-refractivity contribution in [2.24, 2.45) is 5.92 Å². The Morgan fingerprint density at radius 1 is 1.27 bits per heavy atom. The Morgan fingerprint density at radius 2 is 2.03 bits per heavy atom. The number of ether oxygens (including phenoxy) is 1. The molecule has 6 nitrogen and oxygen atoms in total. The number of fused-ring (bicyclic) bond motifs is 1. The predicted octanol–water partition coefficient (Wildman–Crippen LogP) is 5.11. The molecule has 178 valence electrons. The molecule has 1 N–H and O–H groups in total. The predicted molar refractivity (Wildman–Crippen MR) is 126 cm³/mol. The van der Waals surface area contributed by atoms with Gasteiger partial charge in [0.2, 0.25) is 0 Å². The summed E-state index contributed by atoms with van der Waals surface area (Å²) in [6, 6.07) is 7.84. The molecule has 0 saturated carbocycles. The fourth-order valence-electron chi connectivity index (χ4n) is 4.07. The van der Waals surface area contributed by atoms with Crippen molar-refractivity contribution in [3.63, 3.8) is 0 Å². The Balaban J connectivity index is 1.55. The molecule has 9 heteroatoms. The smallest absolute Gasteiger partial charge is 0.255 e. The van der Waals surface area contributed by atoms with E-state index >= 15 is 0 Å². The standard InChI is InChI=1S/C24H30F2N4O2S/c1-24(2,3)23-28-19-12-18(4-5-20(19)30(23)14-16-7-10-32-11-8-16)33-29-9-6-17(15-29)22(31)27-13-21(25)26/h4-6,9,12,15-16,21H,7-8,10-11,13-14H2,1-3H3,(H,27,31). The number of nitrogens with zero attached hydrogens (tertiary/aromatic N) is 3. The molecule has 0 aliphatic carbocycles. The molecule has 1 aliphatic heterocycles. The van der Waals surface area contributed by atoms with Crippen molar-refractivity contribution in [2.45, 2.75) is 56.9 Å². The van der Waals surface area contributed by atoms with E-state index in [0.29, 0.717) is 11.5 Å². The van der Waals surface area contributed by atoms with Crippen LogP contribution in [0.5, 0.6) is 0 Å². The third kappa shape index (κ3) is 5.76. The van der Waals surface area contributed by atoms with Crippen LogP contribution in [0.25, 0.3) is 11.0 Å². The number of halogens is 2. The highest BCUT2D eigenvalue weighted by Gasteiger charge is 2.25. The Kier molecular flexibility index (Phi) is 7.09. The van der Waals surface area contributed by atoms with Crippen molar-refractivity contribution >= 4 is 28.9 Å². The van der Waals surface area contributed by atoms with E-state index in [1.807, 2.05) is 0 Å². The summed E-state index contributed by atoms with van der Waals surface area (Å²) in [4.78, 5) is 18.0. The van der Waals surface area contributed by atoms with Gasteiger partial charge in [-0.25, -0.2) is 13.8 Å². The summed E-state index contributed by atoms with van der Waals surface area (Å²) in [5, 5.41) is 2.22. The van der Waals surface area contributed by atoms with E-state index in [2.05, 4.69) is 48.9 Å². The third-order valence-corrected chi connectivity index (χ3v) is 6.63. The number of alkyl halides is 2. The quantitative estimate of drug-likeness (QED) is 0.515. The van der Waals surface area contributed by atoms with Crippen LogP contribution in [0.2, 0.25) is 0 Å². The molecule has 0 atom stereocenters. The van der Waals surface area contributed by atoms with Crippen molar-refractivity contribution in [3.05, 3.63) is 48.0 Å². The highest BCUT2D eigenvalue weighted by Crippen LogP contribution is 2.32. The zero-order valence-electron chi connectivity index (χ0n) is 19.2. The van der Waals surface area contributed by atoms with Crippen LogP contribution in [0, 0.1) is 5.92 Å². The second-order valence-corrected chi connectivity index (χ2v) is 10.5. The molecule has 3 aromatic rings. The molecule has 0 unspecified atom stereocenters. The summed E-state index contributed by atoms with van der Waals surface area (Å²) in [6.45, 7) is 8.48. The zero-order chi connectivity index (χ0) is 23.6. The average Bonchev–Trinajstić information content (AvgIpc) is 3.37. The van der Waals surface area contributed by atoms with Crippen LogP contribution in [0.15, 0.2) is 41.6 Å². The molecule has 0 radical (unpaired) electrons. The first kappa shape index (κ1) is 23.8. The molecule has 2 aromatic heterocycles. The van der Waals surface area contributed by atoms with Crippen LogP contribution in [-0.4, -0.2) is 45.6 Å². The number of carbonyl (C=O) groups excluding carboxylic acids is 1. The van der Waals surface area contributed by atoms with Crippen molar-refractivity contribution in [3.8, 4) is 0 Å². The number of hydrogen-bond acceptors (Lipinski definition) is 4. The van der Waals surface area contributed by atoms with Crippen molar-refractivity contribution in [1.29, 1.82) is 0 Å². The highest BCUT2D eigenvalue weighted by atomic mass is 32.2. The number of benzene rings is 1. The lowest BCUT2D eigenvalue weighted by Crippen LogP contribution is -2.28. The minimum Gasteiger partial charge on any atom is -0.381 e. The van der Waals surface area contributed by atoms with E-state index < -0.39 is 18.9 Å². The molecule has 1 saturated heterocycles. The number of imidazole rings is 1. The highest BCUT2D eigenvalue weighted by molar-refractivity contribution is 7.97. The zero-order valence-corrected chi connectivity index (χ0v) is 20.0. The lowest BCUT2D eigenvalue weighted by molar-refractivity contribution is 0.0611. The van der Waals surface area contributed by atoms with Gasteiger partial charge in [-0.2, -0.15) is 0 Å². The summed E-state index contributed by atoms with van der Waals surface area (Å²) in [5.74, 6) is 1.15. The summed E-state index contributed by atoms with van der Waals surface area (Å²) in [5.41, 5.74) is 2.33. The summed E-state index contributed by atoms with van der Waals surface area (Å²) in [6.07, 6.45) is 2.95. The molecule has 1 amide bonds. The molecule has 1 aromatic carbocycles. The molecular weight excluding hydrogens is 446 g/mol. The van der Waals surface area contributed by atoms with Gasteiger partial charge in [0.15, 0.2) is 0 Å². The van der Waals surface area contributed by atoms with Gasteiger partial charge in [0, 0.05) is 42.5 Å². The van der Waals surface area contributed by atoms with Crippen molar-refractivity contribution in [1.82, 2.24) is 18.8 Å². The van der Waals surface area contributed by atoms with Crippen LogP contribution in [0.4, 0.5) is 8.78 Å². The Morgan fingerprint density at radius 3 is 2.73 bits per heavy atom. The molecule has 0 spiro atoms. The van der Waals surface area contributed by atoms with Gasteiger partial charge < -0.3 is 14.6 Å². The maximum Gasteiger partial charge on any atom is 0.255 e. The number of carbonyl (C=O) groups is 1. The maximum atomic E-state index is 12.3. The number of rotatable bonds is 7. The van der Waals surface area contributed by atoms with Gasteiger partial charge in [0.05, 0.1) is 23.1 Å². The molecule has 4 rings (SSSR count). The van der Waals surface area contributed by atoms with E-state index in [0.717, 1.165) is 54.4 Å². The van der Waals surface area contributed by atoms with Crippen LogP contribution < -0.4 is 5.32 Å². The normalized spacial score (nSPS) is 15.5. The lowest BCUT2D eigenvalue weighted by Gasteiger charge is -2.26. The third-order valence-electron chi connectivity index (χ3n) is 5.73. The fourth-order valence-corrected chi connectivity index (χ4v) is 4.90. The van der Waals surface area contributed by atoms with Crippen LogP contribution in [0.1, 0.15) is 49.8 Å².